The van der Waals surface area contributed by atoms with Crippen LogP contribution in [0.4, 0.5) is 5.69 Å². The van der Waals surface area contributed by atoms with E-state index in [1.54, 1.807) is 12.5 Å². The predicted octanol–water partition coefficient (Wildman–Crippen LogP) is 8.74. The highest BCUT2D eigenvalue weighted by atomic mass is 16.6. The zero-order valence-corrected chi connectivity index (χ0v) is 33.3. The van der Waals surface area contributed by atoms with Crippen LogP contribution in [0.2, 0.25) is 0 Å². The number of unbranched alkanes of at least 4 members (excludes halogenated alkanes) is 4. The summed E-state index contributed by atoms with van der Waals surface area (Å²) >= 11 is 0. The summed E-state index contributed by atoms with van der Waals surface area (Å²) in [5.41, 5.74) is 6.37. The van der Waals surface area contributed by atoms with Gasteiger partial charge in [-0.05, 0) is 142 Å². The average Bonchev–Trinajstić information content (AvgIpc) is 3.43. The number of benzene rings is 1. The number of esters is 1. The van der Waals surface area contributed by atoms with Crippen molar-refractivity contribution in [1.82, 2.24) is 4.90 Å². The molecule has 5 aliphatic rings. The standard InChI is InChI=1S/C45H66N2O6/c1-31(2)45(53-32(3)48)22-19-41-39-17-13-35-27-37(49)16-18-38(35)43(39)40(28-44(41,45)4)34-11-14-36(15-12-34)46(5)23-9-7-6-8-10-24-47-25-20-33(21-26-47)29-52-30-42(50)51/h11-12,14-15,27,31,33,39-41H,6-10,13,16-26,28-30H2,1-5H3,(H,50,51)/t39?,40-,41+,44+,45+/m1/s1. The summed E-state index contributed by atoms with van der Waals surface area (Å²) in [6, 6.07) is 9.35. The van der Waals surface area contributed by atoms with Gasteiger partial charge in [0.2, 0.25) is 0 Å². The first-order valence-electron chi connectivity index (χ1n) is 20.9. The van der Waals surface area contributed by atoms with E-state index < -0.39 is 11.6 Å². The van der Waals surface area contributed by atoms with Crippen molar-refractivity contribution < 1.29 is 29.0 Å². The molecule has 1 N–H and O–H groups in total. The van der Waals surface area contributed by atoms with Crippen molar-refractivity contribution in [2.75, 3.05) is 51.3 Å². The molecule has 1 aromatic carbocycles. The fourth-order valence-corrected chi connectivity index (χ4v) is 11.5. The van der Waals surface area contributed by atoms with E-state index in [0.717, 1.165) is 77.5 Å². The maximum atomic E-state index is 12.6. The number of ether oxygens (including phenoxy) is 2. The van der Waals surface area contributed by atoms with E-state index in [1.165, 1.54) is 54.5 Å². The van der Waals surface area contributed by atoms with Crippen LogP contribution in [0.15, 0.2) is 47.1 Å². The number of carbonyl (C=O) groups is 3. The molecule has 1 heterocycles. The highest BCUT2D eigenvalue weighted by molar-refractivity contribution is 5.93. The molecule has 1 unspecified atom stereocenters. The Morgan fingerprint density at radius 1 is 0.981 bits per heavy atom. The zero-order valence-electron chi connectivity index (χ0n) is 33.3. The second-order valence-corrected chi connectivity index (χ2v) is 17.6. The summed E-state index contributed by atoms with van der Waals surface area (Å²) in [6.45, 7) is 13.3. The number of hydrogen-bond donors (Lipinski definition) is 1. The van der Waals surface area contributed by atoms with Crippen molar-refractivity contribution in [2.45, 2.75) is 129 Å². The van der Waals surface area contributed by atoms with Gasteiger partial charge in [0.05, 0.1) is 6.61 Å². The Hall–Kier alpha value is -2.97. The Kier molecular flexibility index (Phi) is 12.9. The van der Waals surface area contributed by atoms with E-state index in [0.29, 0.717) is 30.8 Å². The van der Waals surface area contributed by atoms with Crippen LogP contribution in [0.1, 0.15) is 129 Å². The lowest BCUT2D eigenvalue weighted by Crippen LogP contribution is -2.56. The molecule has 1 aromatic rings. The third-order valence-electron chi connectivity index (χ3n) is 14.2. The molecule has 5 atom stereocenters. The smallest absolute Gasteiger partial charge is 0.329 e. The van der Waals surface area contributed by atoms with E-state index in [9.17, 15) is 14.4 Å². The molecule has 0 aromatic heterocycles. The van der Waals surface area contributed by atoms with Gasteiger partial charge < -0.3 is 24.4 Å². The van der Waals surface area contributed by atoms with E-state index in [-0.39, 0.29) is 35.6 Å². The summed E-state index contributed by atoms with van der Waals surface area (Å²) in [4.78, 5) is 40.8. The van der Waals surface area contributed by atoms with Crippen molar-refractivity contribution in [2.24, 2.45) is 29.1 Å². The van der Waals surface area contributed by atoms with Crippen LogP contribution < -0.4 is 4.90 Å². The molecular weight excluding hydrogens is 665 g/mol. The Labute approximate surface area is 318 Å². The highest BCUT2D eigenvalue weighted by Gasteiger charge is 2.66. The number of aliphatic carboxylic acids is 1. The molecule has 6 rings (SSSR count). The Morgan fingerprint density at radius 2 is 1.70 bits per heavy atom. The first-order valence-corrected chi connectivity index (χ1v) is 20.9. The third kappa shape index (κ3) is 8.64. The largest absolute Gasteiger partial charge is 0.480 e. The molecular formula is C45H66N2O6. The van der Waals surface area contributed by atoms with Gasteiger partial charge in [-0.3, -0.25) is 9.59 Å². The van der Waals surface area contributed by atoms with Gasteiger partial charge in [0.15, 0.2) is 5.78 Å². The average molecular weight is 731 g/mol. The molecule has 3 fully saturated rings. The van der Waals surface area contributed by atoms with Crippen molar-refractivity contribution in [1.29, 1.82) is 0 Å². The fourth-order valence-electron chi connectivity index (χ4n) is 11.5. The predicted molar refractivity (Wildman–Crippen MR) is 210 cm³/mol. The monoisotopic (exact) mass is 730 g/mol. The Balaban J connectivity index is 1.04. The number of hydrogen-bond acceptors (Lipinski definition) is 7. The normalized spacial score (nSPS) is 29.1. The van der Waals surface area contributed by atoms with E-state index in [1.807, 2.05) is 6.08 Å². The number of nitrogens with zero attached hydrogens (tertiary/aromatic N) is 2. The zero-order chi connectivity index (χ0) is 37.8. The van der Waals surface area contributed by atoms with Gasteiger partial charge in [-0.25, -0.2) is 4.79 Å². The highest BCUT2D eigenvalue weighted by Crippen LogP contribution is 2.69. The number of likely N-dealkylation sites (tertiary alicyclic amines) is 1. The number of ketones is 1. The number of rotatable bonds is 16. The Bertz CT molecular complexity index is 1520. The molecule has 0 radical (unpaired) electrons. The van der Waals surface area contributed by atoms with Crippen LogP contribution in [0.5, 0.6) is 0 Å². The van der Waals surface area contributed by atoms with Crippen molar-refractivity contribution in [3.63, 3.8) is 0 Å². The number of piperidine rings is 1. The molecule has 8 nitrogen and oxygen atoms in total. The van der Waals surface area contributed by atoms with E-state index in [4.69, 9.17) is 14.6 Å². The molecule has 0 spiro atoms. The molecule has 0 amide bonds. The second-order valence-electron chi connectivity index (χ2n) is 17.6. The topological polar surface area (TPSA) is 96.4 Å². The van der Waals surface area contributed by atoms with E-state index in [2.05, 4.69) is 61.9 Å². The van der Waals surface area contributed by atoms with E-state index >= 15 is 0 Å². The first-order chi connectivity index (χ1) is 25.4. The van der Waals surface area contributed by atoms with Gasteiger partial charge in [0.1, 0.15) is 12.2 Å². The summed E-state index contributed by atoms with van der Waals surface area (Å²) in [5.74, 6) is 1.14. The van der Waals surface area contributed by atoms with Crippen LogP contribution in [-0.4, -0.2) is 79.8 Å². The van der Waals surface area contributed by atoms with Gasteiger partial charge in [-0.15, -0.1) is 0 Å². The number of allylic oxidation sites excluding steroid dienone is 4. The Morgan fingerprint density at radius 3 is 2.40 bits per heavy atom. The van der Waals surface area contributed by atoms with Gasteiger partial charge >= 0.3 is 11.9 Å². The number of carboxylic acid groups (broad SMARTS) is 1. The summed E-state index contributed by atoms with van der Waals surface area (Å²) < 4.78 is 11.8. The molecule has 2 saturated carbocycles. The lowest BCUT2D eigenvalue weighted by molar-refractivity contribution is -0.186. The van der Waals surface area contributed by atoms with Crippen LogP contribution in [0, 0.1) is 29.1 Å². The van der Waals surface area contributed by atoms with Gasteiger partial charge in [-0.2, -0.15) is 0 Å². The molecule has 4 aliphatic carbocycles. The summed E-state index contributed by atoms with van der Waals surface area (Å²) in [7, 11) is 2.21. The number of carboxylic acids is 1. The molecule has 1 aliphatic heterocycles. The van der Waals surface area contributed by atoms with Crippen LogP contribution in [-0.2, 0) is 23.9 Å². The molecule has 0 bridgehead atoms. The van der Waals surface area contributed by atoms with Crippen molar-refractivity contribution >= 4 is 23.4 Å². The number of fused-ring (bicyclic) bond motifs is 4. The lowest BCUT2D eigenvalue weighted by atomic mass is 9.50. The third-order valence-corrected chi connectivity index (χ3v) is 14.2. The molecule has 8 heteroatoms. The van der Waals surface area contributed by atoms with Gasteiger partial charge in [-0.1, -0.05) is 57.7 Å². The molecule has 292 valence electrons. The molecule has 53 heavy (non-hydrogen) atoms. The molecule has 1 saturated heterocycles. The summed E-state index contributed by atoms with van der Waals surface area (Å²) in [5, 5.41) is 8.77. The minimum absolute atomic E-state index is 0.121. The fraction of sp³-hybridized carbons (Fsp3) is 0.711. The number of anilines is 1. The SMILES string of the molecule is CC(=O)O[C@]1(C(C)C)CC[C@H]2C3CCC4=CC(=O)CCC4=C3[C@@H](c3ccc(N(C)CCCCCCCN4CCC(COCC(=O)O)CC4)cc3)C[C@@]21C. The minimum Gasteiger partial charge on any atom is -0.480 e. The van der Waals surface area contributed by atoms with Crippen LogP contribution >= 0.6 is 0 Å². The van der Waals surface area contributed by atoms with Crippen LogP contribution in [0.25, 0.3) is 0 Å². The maximum absolute atomic E-state index is 12.6. The quantitative estimate of drug-likeness (QED) is 0.133. The van der Waals surface area contributed by atoms with Crippen molar-refractivity contribution in [3.05, 3.63) is 52.6 Å². The maximum Gasteiger partial charge on any atom is 0.329 e. The minimum atomic E-state index is -0.889. The van der Waals surface area contributed by atoms with Gasteiger partial charge in [0.25, 0.3) is 0 Å². The first kappa shape index (κ1) is 39.7. The van der Waals surface area contributed by atoms with Crippen LogP contribution in [0.3, 0.4) is 0 Å². The van der Waals surface area contributed by atoms with Gasteiger partial charge in [0, 0.05) is 44.0 Å². The summed E-state index contributed by atoms with van der Waals surface area (Å²) in [6.07, 6.45) is 16.9. The number of carbonyl (C=O) groups excluding carboxylic acids is 2. The lowest BCUT2D eigenvalue weighted by Gasteiger charge is -2.56. The van der Waals surface area contributed by atoms with Crippen molar-refractivity contribution in [3.8, 4) is 0 Å². The second kappa shape index (κ2) is 17.2.